The minimum absolute atomic E-state index is 0. The number of aromatic amines is 1. The monoisotopic (exact) mass is 482 g/mol. The van der Waals surface area contributed by atoms with E-state index in [0.29, 0.717) is 12.0 Å². The standard InChI is InChI=1S/C26H30N4OS.ClH/c1-15-10-16(2)28-23(15)12-22-21-9-6-19(25-29-17(3)14-32-25)11-24(21)30(26(22)31)13-18-4-7-20(27)8-5-18;/h6,9-12,14,18,20,28H,4-5,7-8,13,27H2,1-3H3;1H/b22-12-;. The molecule has 1 fully saturated rings. The largest absolute Gasteiger partial charge is 0.359 e. The number of halogens is 1. The molecule has 0 radical (unpaired) electrons. The van der Waals surface area contributed by atoms with Gasteiger partial charge >= 0.3 is 0 Å². The summed E-state index contributed by atoms with van der Waals surface area (Å²) in [4.78, 5) is 23.7. The minimum Gasteiger partial charge on any atom is -0.359 e. The molecule has 3 aromatic rings. The summed E-state index contributed by atoms with van der Waals surface area (Å²) in [5, 5.41) is 3.06. The van der Waals surface area contributed by atoms with Gasteiger partial charge in [-0.3, -0.25) is 4.79 Å². The number of hydrogen-bond donors (Lipinski definition) is 2. The summed E-state index contributed by atoms with van der Waals surface area (Å²) in [6, 6.07) is 8.75. The molecule has 3 heterocycles. The van der Waals surface area contributed by atoms with Gasteiger partial charge in [0.1, 0.15) is 5.01 Å². The smallest absolute Gasteiger partial charge is 0.259 e. The maximum Gasteiger partial charge on any atom is 0.259 e. The zero-order valence-electron chi connectivity index (χ0n) is 19.4. The number of anilines is 1. The van der Waals surface area contributed by atoms with Crippen molar-refractivity contribution in [2.45, 2.75) is 52.5 Å². The number of aryl methyl sites for hydroxylation is 3. The van der Waals surface area contributed by atoms with Crippen LogP contribution < -0.4 is 10.6 Å². The number of carbonyl (C=O) groups excluding carboxylic acids is 1. The highest BCUT2D eigenvalue weighted by molar-refractivity contribution is 7.13. The van der Waals surface area contributed by atoms with Gasteiger partial charge < -0.3 is 15.6 Å². The predicted molar refractivity (Wildman–Crippen MR) is 140 cm³/mol. The fraction of sp³-hybridized carbons (Fsp3) is 0.385. The average Bonchev–Trinajstić information content (AvgIpc) is 3.41. The lowest BCUT2D eigenvalue weighted by Gasteiger charge is -2.30. The minimum atomic E-state index is 0. The fourth-order valence-corrected chi connectivity index (χ4v) is 5.76. The lowest BCUT2D eigenvalue weighted by atomic mass is 9.86. The molecule has 5 rings (SSSR count). The summed E-state index contributed by atoms with van der Waals surface area (Å²) in [5.41, 5.74) is 14.2. The maximum atomic E-state index is 13.7. The summed E-state index contributed by atoms with van der Waals surface area (Å²) >= 11 is 1.65. The van der Waals surface area contributed by atoms with E-state index in [9.17, 15) is 4.79 Å². The van der Waals surface area contributed by atoms with E-state index in [1.807, 2.05) is 24.8 Å². The summed E-state index contributed by atoms with van der Waals surface area (Å²) < 4.78 is 0. The molecule has 0 saturated heterocycles. The predicted octanol–water partition coefficient (Wildman–Crippen LogP) is 5.89. The van der Waals surface area contributed by atoms with Crippen LogP contribution in [0.3, 0.4) is 0 Å². The number of nitrogens with one attached hydrogen (secondary N) is 1. The Balaban J connectivity index is 0.00000259. The Morgan fingerprint density at radius 3 is 2.58 bits per heavy atom. The van der Waals surface area contributed by atoms with Crippen molar-refractivity contribution in [3.63, 3.8) is 0 Å². The average molecular weight is 483 g/mol. The van der Waals surface area contributed by atoms with Crippen molar-refractivity contribution in [3.05, 3.63) is 57.9 Å². The van der Waals surface area contributed by atoms with Crippen LogP contribution in [0.2, 0.25) is 0 Å². The van der Waals surface area contributed by atoms with Gasteiger partial charge in [0.05, 0.1) is 11.3 Å². The highest BCUT2D eigenvalue weighted by Gasteiger charge is 2.35. The van der Waals surface area contributed by atoms with Crippen LogP contribution in [0.15, 0.2) is 29.6 Å². The summed E-state index contributed by atoms with van der Waals surface area (Å²) in [6.45, 7) is 6.88. The van der Waals surface area contributed by atoms with Gasteiger partial charge in [-0.1, -0.05) is 12.1 Å². The molecule has 1 saturated carbocycles. The van der Waals surface area contributed by atoms with Crippen LogP contribution in [0.25, 0.3) is 22.2 Å². The SMILES string of the molecule is Cc1csc(-c2ccc3c(c2)N(CC2CCC(N)CC2)C(=O)/C3=C\c2[nH]c(C)cc2C)n1.Cl. The maximum absolute atomic E-state index is 13.7. The molecule has 1 aliphatic heterocycles. The van der Waals surface area contributed by atoms with Crippen molar-refractivity contribution < 1.29 is 4.79 Å². The molecule has 174 valence electrons. The zero-order chi connectivity index (χ0) is 22.4. The molecule has 0 atom stereocenters. The number of rotatable bonds is 4. The molecule has 1 amide bonds. The summed E-state index contributed by atoms with van der Waals surface area (Å²) in [5.74, 6) is 0.583. The van der Waals surface area contributed by atoms with E-state index in [0.717, 1.165) is 82.3 Å². The first-order chi connectivity index (χ1) is 15.4. The number of nitrogens with two attached hydrogens (primary N) is 1. The van der Waals surface area contributed by atoms with Crippen LogP contribution in [0.5, 0.6) is 0 Å². The van der Waals surface area contributed by atoms with Crippen LogP contribution in [-0.2, 0) is 4.79 Å². The van der Waals surface area contributed by atoms with Gasteiger partial charge in [0.2, 0.25) is 0 Å². The molecule has 1 aliphatic carbocycles. The van der Waals surface area contributed by atoms with Crippen molar-refractivity contribution >= 4 is 47.0 Å². The number of benzene rings is 1. The quantitative estimate of drug-likeness (QED) is 0.455. The highest BCUT2D eigenvalue weighted by Crippen LogP contribution is 2.42. The number of H-pyrrole nitrogens is 1. The second-order valence-electron chi connectivity index (χ2n) is 9.33. The van der Waals surface area contributed by atoms with Gasteiger partial charge in [-0.2, -0.15) is 0 Å². The topological polar surface area (TPSA) is 75.0 Å². The molecule has 0 bridgehead atoms. The molecule has 7 heteroatoms. The Morgan fingerprint density at radius 1 is 1.18 bits per heavy atom. The van der Waals surface area contributed by atoms with E-state index in [1.54, 1.807) is 11.3 Å². The number of carbonyl (C=O) groups is 1. The second kappa shape index (κ2) is 9.45. The second-order valence-corrected chi connectivity index (χ2v) is 10.2. The third kappa shape index (κ3) is 4.65. The third-order valence-electron chi connectivity index (χ3n) is 6.73. The Kier molecular flexibility index (Phi) is 6.80. The molecule has 3 N–H and O–H groups in total. The van der Waals surface area contributed by atoms with E-state index in [2.05, 4.69) is 46.5 Å². The van der Waals surface area contributed by atoms with Gasteiger partial charge in [0, 0.05) is 46.2 Å². The van der Waals surface area contributed by atoms with Gasteiger partial charge in [-0.05, 0) is 76.1 Å². The fourth-order valence-electron chi connectivity index (χ4n) is 4.97. The first-order valence-corrected chi connectivity index (χ1v) is 12.3. The van der Waals surface area contributed by atoms with Gasteiger partial charge in [-0.25, -0.2) is 4.98 Å². The van der Waals surface area contributed by atoms with E-state index in [4.69, 9.17) is 5.73 Å². The first kappa shape index (κ1) is 23.7. The molecule has 2 aliphatic rings. The highest BCUT2D eigenvalue weighted by atomic mass is 35.5. The van der Waals surface area contributed by atoms with Crippen LogP contribution in [0.1, 0.15) is 53.9 Å². The van der Waals surface area contributed by atoms with Crippen molar-refractivity contribution in [2.24, 2.45) is 11.7 Å². The number of nitrogens with zero attached hydrogens (tertiary/aromatic N) is 2. The molecule has 33 heavy (non-hydrogen) atoms. The van der Waals surface area contributed by atoms with Gasteiger partial charge in [0.15, 0.2) is 0 Å². The van der Waals surface area contributed by atoms with E-state index >= 15 is 0 Å². The number of thiazole rings is 1. The molecule has 1 aromatic carbocycles. The lowest BCUT2D eigenvalue weighted by molar-refractivity contribution is -0.113. The normalized spacial score (nSPS) is 21.4. The summed E-state index contributed by atoms with van der Waals surface area (Å²) in [7, 11) is 0. The van der Waals surface area contributed by atoms with Gasteiger partial charge in [-0.15, -0.1) is 23.7 Å². The van der Waals surface area contributed by atoms with Crippen LogP contribution in [0, 0.1) is 26.7 Å². The number of hydrogen-bond acceptors (Lipinski definition) is 4. The van der Waals surface area contributed by atoms with Crippen LogP contribution in [0.4, 0.5) is 5.69 Å². The van der Waals surface area contributed by atoms with Crippen molar-refractivity contribution in [2.75, 3.05) is 11.4 Å². The Morgan fingerprint density at radius 2 is 1.94 bits per heavy atom. The van der Waals surface area contributed by atoms with E-state index < -0.39 is 0 Å². The lowest BCUT2D eigenvalue weighted by Crippen LogP contribution is -2.36. The molecule has 2 aromatic heterocycles. The summed E-state index contributed by atoms with van der Waals surface area (Å²) in [6.07, 6.45) is 6.27. The van der Waals surface area contributed by atoms with Crippen molar-refractivity contribution in [3.8, 4) is 10.6 Å². The molecular formula is C26H31ClN4OS. The third-order valence-corrected chi connectivity index (χ3v) is 7.74. The Hall–Kier alpha value is -2.41. The molecular weight excluding hydrogens is 452 g/mol. The first-order valence-electron chi connectivity index (χ1n) is 11.4. The Labute approximate surface area is 205 Å². The molecule has 0 unspecified atom stereocenters. The van der Waals surface area contributed by atoms with E-state index in [1.165, 1.54) is 0 Å². The molecule has 0 spiro atoms. The van der Waals surface area contributed by atoms with Crippen molar-refractivity contribution in [1.29, 1.82) is 0 Å². The Bertz CT molecular complexity index is 1200. The number of fused-ring (bicyclic) bond motifs is 1. The van der Waals surface area contributed by atoms with Crippen molar-refractivity contribution in [1.82, 2.24) is 9.97 Å². The molecule has 5 nitrogen and oxygen atoms in total. The zero-order valence-corrected chi connectivity index (χ0v) is 21.0. The number of amides is 1. The number of aromatic nitrogens is 2. The van der Waals surface area contributed by atoms with Crippen LogP contribution in [-0.4, -0.2) is 28.5 Å². The van der Waals surface area contributed by atoms with Gasteiger partial charge in [0.25, 0.3) is 5.91 Å². The van der Waals surface area contributed by atoms with E-state index in [-0.39, 0.29) is 18.3 Å². The van der Waals surface area contributed by atoms with Crippen LogP contribution >= 0.6 is 23.7 Å².